The summed E-state index contributed by atoms with van der Waals surface area (Å²) in [6, 6.07) is -3.74. The van der Waals surface area contributed by atoms with Gasteiger partial charge >= 0.3 is 5.97 Å². The zero-order valence-corrected chi connectivity index (χ0v) is 15.6. The second-order valence-electron chi connectivity index (χ2n) is 5.48. The van der Waals surface area contributed by atoms with Gasteiger partial charge in [0.25, 0.3) is 0 Å². The Hall–Kier alpha value is -2.38. The molecule has 0 saturated carbocycles. The van der Waals surface area contributed by atoms with Crippen LogP contribution < -0.4 is 27.4 Å². The maximum absolute atomic E-state index is 12.1. The van der Waals surface area contributed by atoms with Gasteiger partial charge in [0.2, 0.25) is 23.6 Å². The van der Waals surface area contributed by atoms with Gasteiger partial charge < -0.3 is 37.6 Å². The van der Waals surface area contributed by atoms with Crippen molar-refractivity contribution >= 4 is 41.4 Å². The second kappa shape index (κ2) is 12.9. The summed E-state index contributed by atoms with van der Waals surface area (Å²) in [5.41, 5.74) is 10.7. The van der Waals surface area contributed by atoms with E-state index in [0.29, 0.717) is 12.2 Å². The molecule has 9 N–H and O–H groups in total. The lowest BCUT2D eigenvalue weighted by atomic mass is 10.1. The molecule has 0 fully saturated rings. The van der Waals surface area contributed by atoms with Gasteiger partial charge in [-0.1, -0.05) is 0 Å². The number of carbonyl (C=O) groups is 5. The lowest BCUT2D eigenvalue weighted by molar-refractivity contribution is -0.143. The van der Waals surface area contributed by atoms with Crippen molar-refractivity contribution in [1.82, 2.24) is 16.0 Å². The van der Waals surface area contributed by atoms with Gasteiger partial charge in [-0.15, -0.1) is 0 Å². The molecule has 3 unspecified atom stereocenters. The number of nitrogens with two attached hydrogens (primary N) is 2. The number of carboxylic acids is 1. The van der Waals surface area contributed by atoms with Crippen molar-refractivity contribution in [1.29, 1.82) is 0 Å². The fourth-order valence-corrected chi connectivity index (χ4v) is 2.28. The zero-order valence-electron chi connectivity index (χ0n) is 14.8. The first kappa shape index (κ1) is 24.6. The number of nitrogens with one attached hydrogen (secondary N) is 3. The highest BCUT2D eigenvalue weighted by Gasteiger charge is 2.26. The summed E-state index contributed by atoms with van der Waals surface area (Å²) >= 11 is 1.49. The van der Waals surface area contributed by atoms with E-state index in [9.17, 15) is 24.0 Å². The third-order valence-corrected chi connectivity index (χ3v) is 3.89. The summed E-state index contributed by atoms with van der Waals surface area (Å²) in [6.45, 7) is -1.46. The SMILES string of the molecule is CSCCC(N)C(=O)NC(CC(N)=O)C(=O)NCC(=O)NC(CO)C(=O)O. The molecule has 0 aliphatic carbocycles. The normalized spacial score (nSPS) is 13.7. The Morgan fingerprint density at radius 3 is 2.19 bits per heavy atom. The summed E-state index contributed by atoms with van der Waals surface area (Å²) < 4.78 is 0. The van der Waals surface area contributed by atoms with Gasteiger partial charge in [-0.2, -0.15) is 11.8 Å². The van der Waals surface area contributed by atoms with E-state index in [1.807, 2.05) is 11.6 Å². The first-order chi connectivity index (χ1) is 12.6. The molecule has 12 nitrogen and oxygen atoms in total. The largest absolute Gasteiger partial charge is 0.480 e. The van der Waals surface area contributed by atoms with Crippen LogP contribution in [-0.4, -0.2) is 83.1 Å². The third kappa shape index (κ3) is 10.4. The lowest BCUT2D eigenvalue weighted by Gasteiger charge is -2.20. The zero-order chi connectivity index (χ0) is 21.0. The van der Waals surface area contributed by atoms with Gasteiger partial charge in [0.1, 0.15) is 12.1 Å². The molecule has 0 aliphatic heterocycles. The molecule has 0 aromatic heterocycles. The molecule has 0 radical (unpaired) electrons. The molecular weight excluding hydrogens is 382 g/mol. The van der Waals surface area contributed by atoms with E-state index in [1.54, 1.807) is 0 Å². The Balaban J connectivity index is 4.73. The summed E-state index contributed by atoms with van der Waals surface area (Å²) in [5.74, 6) is -4.09. The third-order valence-electron chi connectivity index (χ3n) is 3.25. The molecule has 27 heavy (non-hydrogen) atoms. The fraction of sp³-hybridized carbons (Fsp3) is 0.643. The Kier molecular flexibility index (Phi) is 11.8. The number of aliphatic hydroxyl groups is 1. The van der Waals surface area contributed by atoms with E-state index >= 15 is 0 Å². The van der Waals surface area contributed by atoms with Crippen molar-refractivity contribution in [3.63, 3.8) is 0 Å². The number of carbonyl (C=O) groups excluding carboxylic acids is 4. The molecule has 154 valence electrons. The second-order valence-corrected chi connectivity index (χ2v) is 6.46. The monoisotopic (exact) mass is 407 g/mol. The summed E-state index contributed by atoms with van der Waals surface area (Å²) in [7, 11) is 0. The quantitative estimate of drug-likeness (QED) is 0.159. The number of thioether (sulfide) groups is 1. The summed E-state index contributed by atoms with van der Waals surface area (Å²) in [5, 5.41) is 24.0. The summed E-state index contributed by atoms with van der Waals surface area (Å²) in [6.07, 6.45) is 1.69. The van der Waals surface area contributed by atoms with E-state index in [0.717, 1.165) is 0 Å². The van der Waals surface area contributed by atoms with Crippen LogP contribution >= 0.6 is 11.8 Å². The van der Waals surface area contributed by atoms with Crippen LogP contribution in [-0.2, 0) is 24.0 Å². The van der Waals surface area contributed by atoms with Crippen molar-refractivity contribution < 1.29 is 34.2 Å². The van der Waals surface area contributed by atoms with Crippen LogP contribution in [0.15, 0.2) is 0 Å². The van der Waals surface area contributed by atoms with Crippen LogP contribution in [0.3, 0.4) is 0 Å². The van der Waals surface area contributed by atoms with Crippen molar-refractivity contribution in [2.24, 2.45) is 11.5 Å². The van der Waals surface area contributed by atoms with Crippen LogP contribution in [0.2, 0.25) is 0 Å². The Morgan fingerprint density at radius 2 is 1.70 bits per heavy atom. The van der Waals surface area contributed by atoms with Gasteiger partial charge in [0.05, 0.1) is 25.6 Å². The topological polar surface area (TPSA) is 214 Å². The Labute approximate surface area is 159 Å². The number of rotatable bonds is 13. The van der Waals surface area contributed by atoms with Crippen molar-refractivity contribution in [3.8, 4) is 0 Å². The number of hydrogen-bond donors (Lipinski definition) is 7. The average molecular weight is 407 g/mol. The van der Waals surface area contributed by atoms with Gasteiger partial charge in [-0.25, -0.2) is 4.79 Å². The smallest absolute Gasteiger partial charge is 0.328 e. The van der Waals surface area contributed by atoms with Crippen molar-refractivity contribution in [3.05, 3.63) is 0 Å². The Bertz CT molecular complexity index is 560. The highest BCUT2D eigenvalue weighted by molar-refractivity contribution is 7.98. The van der Waals surface area contributed by atoms with Crippen molar-refractivity contribution in [2.45, 2.75) is 31.0 Å². The molecule has 13 heteroatoms. The van der Waals surface area contributed by atoms with Crippen molar-refractivity contribution in [2.75, 3.05) is 25.2 Å². The minimum absolute atomic E-state index is 0.359. The highest BCUT2D eigenvalue weighted by Crippen LogP contribution is 2.00. The lowest BCUT2D eigenvalue weighted by Crippen LogP contribution is -2.54. The number of aliphatic hydroxyl groups excluding tert-OH is 1. The van der Waals surface area contributed by atoms with E-state index in [1.165, 1.54) is 11.8 Å². The van der Waals surface area contributed by atoms with Crippen LogP contribution in [0, 0.1) is 0 Å². The number of amides is 4. The molecule has 0 saturated heterocycles. The van der Waals surface area contributed by atoms with Gasteiger partial charge in [0.15, 0.2) is 0 Å². The maximum atomic E-state index is 12.1. The molecular formula is C14H25N5O7S. The minimum atomic E-state index is -1.52. The molecule has 0 bridgehead atoms. The van der Waals surface area contributed by atoms with E-state index in [2.05, 4.69) is 10.6 Å². The first-order valence-corrected chi connectivity index (χ1v) is 9.25. The van der Waals surface area contributed by atoms with Gasteiger partial charge in [0, 0.05) is 0 Å². The fourth-order valence-electron chi connectivity index (χ4n) is 1.79. The van der Waals surface area contributed by atoms with E-state index in [4.69, 9.17) is 21.7 Å². The standard InChI is InChI=1S/C14H25N5O7S/c1-27-3-2-7(15)12(23)19-8(4-10(16)21)13(24)17-5-11(22)18-9(6-20)14(25)26/h7-9,20H,2-6,15H2,1H3,(H2,16,21)(H,17,24)(H,18,22)(H,19,23)(H,25,26). The van der Waals surface area contributed by atoms with E-state index < -0.39 is 67.3 Å². The van der Waals surface area contributed by atoms with Crippen LogP contribution in [0.1, 0.15) is 12.8 Å². The Morgan fingerprint density at radius 1 is 1.07 bits per heavy atom. The molecule has 0 rings (SSSR count). The number of aliphatic carboxylic acids is 1. The molecule has 0 spiro atoms. The average Bonchev–Trinajstić information content (AvgIpc) is 2.60. The minimum Gasteiger partial charge on any atom is -0.480 e. The molecule has 0 aromatic rings. The summed E-state index contributed by atoms with van der Waals surface area (Å²) in [4.78, 5) is 57.6. The first-order valence-electron chi connectivity index (χ1n) is 7.86. The van der Waals surface area contributed by atoms with E-state index in [-0.39, 0.29) is 0 Å². The van der Waals surface area contributed by atoms with Crippen LogP contribution in [0.4, 0.5) is 0 Å². The van der Waals surface area contributed by atoms with Gasteiger partial charge in [-0.3, -0.25) is 19.2 Å². The van der Waals surface area contributed by atoms with Crippen LogP contribution in [0.25, 0.3) is 0 Å². The predicted octanol–water partition coefficient (Wildman–Crippen LogP) is -3.90. The highest BCUT2D eigenvalue weighted by atomic mass is 32.2. The predicted molar refractivity (Wildman–Crippen MR) is 96.4 cm³/mol. The molecule has 3 atom stereocenters. The van der Waals surface area contributed by atoms with Gasteiger partial charge in [-0.05, 0) is 18.4 Å². The van der Waals surface area contributed by atoms with Crippen LogP contribution in [0.5, 0.6) is 0 Å². The molecule has 0 aromatic carbocycles. The molecule has 0 aliphatic rings. The number of primary amides is 1. The number of hydrogen-bond acceptors (Lipinski definition) is 8. The molecule has 0 heterocycles. The molecule has 4 amide bonds. The number of carboxylic acid groups (broad SMARTS) is 1. The maximum Gasteiger partial charge on any atom is 0.328 e.